The Morgan fingerprint density at radius 2 is 1.94 bits per heavy atom. The highest BCUT2D eigenvalue weighted by Crippen LogP contribution is 2.48. The lowest BCUT2D eigenvalue weighted by Gasteiger charge is -2.40. The van der Waals surface area contributed by atoms with Crippen molar-refractivity contribution in [1.82, 2.24) is 5.32 Å². The molecular weight excluding hydrogens is 198 g/mol. The summed E-state index contributed by atoms with van der Waals surface area (Å²) < 4.78 is 0. The lowest BCUT2D eigenvalue weighted by atomic mass is 9.73. The normalized spacial score (nSPS) is 31.3. The number of aliphatic hydroxyl groups excluding tert-OH is 1. The lowest BCUT2D eigenvalue weighted by Crippen LogP contribution is -2.46. The molecule has 2 aliphatic carbocycles. The summed E-state index contributed by atoms with van der Waals surface area (Å²) in [5, 5.41) is 12.8. The van der Waals surface area contributed by atoms with E-state index < -0.39 is 0 Å². The zero-order valence-corrected chi connectivity index (χ0v) is 10.9. The highest BCUT2D eigenvalue weighted by molar-refractivity contribution is 4.97. The fourth-order valence-electron chi connectivity index (χ4n) is 3.14. The Hall–Kier alpha value is -0.0800. The molecule has 0 amide bonds. The first-order valence-electron chi connectivity index (χ1n) is 6.92. The minimum atomic E-state index is 0.357. The third-order valence-electron chi connectivity index (χ3n) is 4.83. The Bertz CT molecular complexity index is 233. The zero-order valence-electron chi connectivity index (χ0n) is 10.9. The third kappa shape index (κ3) is 2.78. The van der Waals surface area contributed by atoms with Crippen LogP contribution in [0.3, 0.4) is 0 Å². The molecule has 2 N–H and O–H groups in total. The quantitative estimate of drug-likeness (QED) is 0.754. The molecular formula is C14H27NO. The molecule has 94 valence electrons. The summed E-state index contributed by atoms with van der Waals surface area (Å²) in [6, 6.07) is 0.692. The second kappa shape index (κ2) is 4.66. The van der Waals surface area contributed by atoms with Gasteiger partial charge in [0.2, 0.25) is 0 Å². The van der Waals surface area contributed by atoms with Crippen molar-refractivity contribution in [3.8, 4) is 0 Å². The van der Waals surface area contributed by atoms with Gasteiger partial charge in [0.05, 0.1) is 0 Å². The standard InChI is InChI=1S/C14H27NO/c1-13(2)6-4-3-5-12(13)15-11-14(7-8-14)9-10-16/h12,15-16H,3-11H2,1-2H3. The van der Waals surface area contributed by atoms with E-state index in [1.165, 1.54) is 38.5 Å². The maximum absolute atomic E-state index is 9.05. The first-order valence-corrected chi connectivity index (χ1v) is 6.92. The van der Waals surface area contributed by atoms with Gasteiger partial charge in [-0.2, -0.15) is 0 Å². The molecule has 0 radical (unpaired) electrons. The van der Waals surface area contributed by atoms with E-state index in [0.717, 1.165) is 13.0 Å². The van der Waals surface area contributed by atoms with Gasteiger partial charge in [-0.05, 0) is 42.9 Å². The monoisotopic (exact) mass is 225 g/mol. The van der Waals surface area contributed by atoms with E-state index in [1.807, 2.05) is 0 Å². The molecule has 16 heavy (non-hydrogen) atoms. The Morgan fingerprint density at radius 1 is 1.19 bits per heavy atom. The first kappa shape index (κ1) is 12.4. The topological polar surface area (TPSA) is 32.3 Å². The molecule has 0 saturated heterocycles. The van der Waals surface area contributed by atoms with Gasteiger partial charge in [0.15, 0.2) is 0 Å². The number of aliphatic hydroxyl groups is 1. The van der Waals surface area contributed by atoms with Gasteiger partial charge >= 0.3 is 0 Å². The predicted molar refractivity (Wildman–Crippen MR) is 67.4 cm³/mol. The van der Waals surface area contributed by atoms with Crippen LogP contribution in [-0.4, -0.2) is 24.3 Å². The molecule has 2 fully saturated rings. The summed E-state index contributed by atoms with van der Waals surface area (Å²) in [6.45, 7) is 6.28. The van der Waals surface area contributed by atoms with Crippen molar-refractivity contribution in [2.24, 2.45) is 10.8 Å². The maximum Gasteiger partial charge on any atom is 0.0436 e. The van der Waals surface area contributed by atoms with Crippen molar-refractivity contribution in [3.05, 3.63) is 0 Å². The third-order valence-corrected chi connectivity index (χ3v) is 4.83. The SMILES string of the molecule is CC1(C)CCCCC1NCC1(CCO)CC1. The Balaban J connectivity index is 1.80. The van der Waals surface area contributed by atoms with Gasteiger partial charge in [0.25, 0.3) is 0 Å². The van der Waals surface area contributed by atoms with E-state index in [1.54, 1.807) is 0 Å². The summed E-state index contributed by atoms with van der Waals surface area (Å²) in [7, 11) is 0. The summed E-state index contributed by atoms with van der Waals surface area (Å²) in [5.74, 6) is 0. The molecule has 1 atom stereocenters. The number of rotatable bonds is 5. The predicted octanol–water partition coefficient (Wildman–Crippen LogP) is 2.71. The molecule has 0 aliphatic heterocycles. The van der Waals surface area contributed by atoms with Crippen molar-refractivity contribution in [2.75, 3.05) is 13.2 Å². The van der Waals surface area contributed by atoms with E-state index in [9.17, 15) is 0 Å². The fraction of sp³-hybridized carbons (Fsp3) is 1.00. The highest BCUT2D eigenvalue weighted by atomic mass is 16.3. The van der Waals surface area contributed by atoms with E-state index in [2.05, 4.69) is 19.2 Å². The van der Waals surface area contributed by atoms with Gasteiger partial charge in [-0.15, -0.1) is 0 Å². The minimum Gasteiger partial charge on any atom is -0.396 e. The van der Waals surface area contributed by atoms with Crippen LogP contribution in [0.4, 0.5) is 0 Å². The van der Waals surface area contributed by atoms with Crippen LogP contribution in [0, 0.1) is 10.8 Å². The van der Waals surface area contributed by atoms with Crippen molar-refractivity contribution in [1.29, 1.82) is 0 Å². The van der Waals surface area contributed by atoms with Crippen molar-refractivity contribution in [3.63, 3.8) is 0 Å². The van der Waals surface area contributed by atoms with Crippen LogP contribution in [0.1, 0.15) is 58.8 Å². The molecule has 1 unspecified atom stereocenters. The highest BCUT2D eigenvalue weighted by Gasteiger charge is 2.43. The fourth-order valence-corrected chi connectivity index (χ4v) is 3.14. The summed E-state index contributed by atoms with van der Waals surface area (Å²) in [6.07, 6.45) is 9.09. The Morgan fingerprint density at radius 3 is 2.50 bits per heavy atom. The number of hydrogen-bond acceptors (Lipinski definition) is 2. The lowest BCUT2D eigenvalue weighted by molar-refractivity contribution is 0.155. The molecule has 0 aromatic heterocycles. The summed E-state index contributed by atoms with van der Waals surface area (Å²) >= 11 is 0. The van der Waals surface area contributed by atoms with Crippen LogP contribution in [0.5, 0.6) is 0 Å². The summed E-state index contributed by atoms with van der Waals surface area (Å²) in [5.41, 5.74) is 0.926. The molecule has 0 aromatic rings. The first-order chi connectivity index (χ1) is 7.58. The molecule has 0 spiro atoms. The second-order valence-corrected chi connectivity index (χ2v) is 6.64. The second-order valence-electron chi connectivity index (χ2n) is 6.64. The molecule has 0 aromatic carbocycles. The van der Waals surface area contributed by atoms with Crippen LogP contribution < -0.4 is 5.32 Å². The molecule has 2 nitrogen and oxygen atoms in total. The van der Waals surface area contributed by atoms with Gasteiger partial charge in [-0.1, -0.05) is 26.7 Å². The van der Waals surface area contributed by atoms with E-state index in [0.29, 0.717) is 23.5 Å². The van der Waals surface area contributed by atoms with Crippen LogP contribution in [0.15, 0.2) is 0 Å². The van der Waals surface area contributed by atoms with E-state index in [-0.39, 0.29) is 0 Å². The number of nitrogens with one attached hydrogen (secondary N) is 1. The van der Waals surface area contributed by atoms with Gasteiger partial charge in [0.1, 0.15) is 0 Å². The van der Waals surface area contributed by atoms with Crippen molar-refractivity contribution >= 4 is 0 Å². The molecule has 2 rings (SSSR count). The van der Waals surface area contributed by atoms with Crippen LogP contribution in [0.2, 0.25) is 0 Å². The summed E-state index contributed by atoms with van der Waals surface area (Å²) in [4.78, 5) is 0. The largest absolute Gasteiger partial charge is 0.396 e. The molecule has 2 heteroatoms. The van der Waals surface area contributed by atoms with E-state index >= 15 is 0 Å². The van der Waals surface area contributed by atoms with Crippen molar-refractivity contribution < 1.29 is 5.11 Å². The van der Waals surface area contributed by atoms with Crippen LogP contribution in [-0.2, 0) is 0 Å². The van der Waals surface area contributed by atoms with Crippen LogP contribution in [0.25, 0.3) is 0 Å². The molecule has 0 heterocycles. The Labute approximate surface area is 99.8 Å². The molecule has 0 bridgehead atoms. The number of hydrogen-bond donors (Lipinski definition) is 2. The van der Waals surface area contributed by atoms with Crippen LogP contribution >= 0.6 is 0 Å². The average molecular weight is 225 g/mol. The maximum atomic E-state index is 9.05. The minimum absolute atomic E-state index is 0.357. The smallest absolute Gasteiger partial charge is 0.0436 e. The van der Waals surface area contributed by atoms with Gasteiger partial charge in [-0.25, -0.2) is 0 Å². The Kier molecular flexibility index (Phi) is 3.60. The van der Waals surface area contributed by atoms with Gasteiger partial charge in [0, 0.05) is 19.2 Å². The van der Waals surface area contributed by atoms with Gasteiger partial charge in [-0.3, -0.25) is 0 Å². The molecule has 2 aliphatic rings. The zero-order chi connectivity index (χ0) is 11.6. The van der Waals surface area contributed by atoms with E-state index in [4.69, 9.17) is 5.11 Å². The van der Waals surface area contributed by atoms with Crippen molar-refractivity contribution in [2.45, 2.75) is 64.8 Å². The average Bonchev–Trinajstić information content (AvgIpc) is 2.97. The molecule has 2 saturated carbocycles. The van der Waals surface area contributed by atoms with Gasteiger partial charge < -0.3 is 10.4 Å².